The Kier molecular flexibility index (Phi) is 5.43. The highest BCUT2D eigenvalue weighted by Gasteiger charge is 2.29. The maximum absolute atomic E-state index is 13.0. The molecule has 2 heterocycles. The first-order valence-corrected chi connectivity index (χ1v) is 10.3. The number of aromatic nitrogens is 2. The van der Waals surface area contributed by atoms with Crippen LogP contribution in [0.5, 0.6) is 0 Å². The molecule has 29 heavy (non-hydrogen) atoms. The van der Waals surface area contributed by atoms with E-state index in [1.165, 1.54) is 0 Å². The van der Waals surface area contributed by atoms with E-state index in [1.54, 1.807) is 16.2 Å². The average molecular weight is 393 g/mol. The fourth-order valence-corrected chi connectivity index (χ4v) is 4.39. The molecule has 0 spiro atoms. The Morgan fingerprint density at radius 3 is 2.52 bits per heavy atom. The zero-order valence-electron chi connectivity index (χ0n) is 17.1. The van der Waals surface area contributed by atoms with Crippen LogP contribution in [0.3, 0.4) is 0 Å². The third-order valence-electron chi connectivity index (χ3n) is 5.98. The van der Waals surface area contributed by atoms with Gasteiger partial charge in [0.25, 0.3) is 0 Å². The zero-order valence-corrected chi connectivity index (χ0v) is 17.1. The number of imidazole rings is 1. The fraction of sp³-hybridized carbons (Fsp3) is 0.391. The van der Waals surface area contributed by atoms with Crippen molar-refractivity contribution in [3.63, 3.8) is 0 Å². The van der Waals surface area contributed by atoms with Crippen molar-refractivity contribution in [3.8, 4) is 0 Å². The lowest BCUT2D eigenvalue weighted by Gasteiger charge is -2.30. The Labute approximate surface area is 171 Å². The molecule has 1 aliphatic rings. The van der Waals surface area contributed by atoms with E-state index in [1.807, 2.05) is 47.4 Å². The Balaban J connectivity index is 1.43. The van der Waals surface area contributed by atoms with Crippen LogP contribution in [0.25, 0.3) is 11.0 Å². The van der Waals surface area contributed by atoms with E-state index >= 15 is 0 Å². The number of likely N-dealkylation sites (tertiary alicyclic amines) is 1. The standard InChI is InChI=1S/C23H28N4O2/c1-24(18-9-4-3-5-10-18)17-19-11-8-15-26(19)22(28)14-16-27-21-13-7-6-12-20(21)25(2)23(27)29/h3-7,9-10,12-13,19H,8,11,14-17H2,1-2H3/t19-/m1/s1. The predicted molar refractivity (Wildman–Crippen MR) is 116 cm³/mol. The van der Waals surface area contributed by atoms with Gasteiger partial charge in [0, 0.05) is 51.9 Å². The van der Waals surface area contributed by atoms with Crippen LogP contribution in [0.15, 0.2) is 59.4 Å². The lowest BCUT2D eigenvalue weighted by atomic mass is 10.2. The van der Waals surface area contributed by atoms with Crippen LogP contribution >= 0.6 is 0 Å². The summed E-state index contributed by atoms with van der Waals surface area (Å²) >= 11 is 0. The van der Waals surface area contributed by atoms with Gasteiger partial charge in [-0.15, -0.1) is 0 Å². The summed E-state index contributed by atoms with van der Waals surface area (Å²) < 4.78 is 3.36. The maximum atomic E-state index is 13.0. The Bertz CT molecular complexity index is 1050. The number of carbonyl (C=O) groups is 1. The number of rotatable bonds is 6. The molecule has 1 aliphatic heterocycles. The van der Waals surface area contributed by atoms with Gasteiger partial charge in [-0.05, 0) is 37.1 Å². The molecule has 4 rings (SSSR count). The molecule has 0 unspecified atom stereocenters. The minimum atomic E-state index is -0.0687. The molecule has 1 amide bonds. The Hall–Kier alpha value is -3.02. The number of para-hydroxylation sites is 3. The summed E-state index contributed by atoms with van der Waals surface area (Å²) in [6.45, 7) is 2.04. The van der Waals surface area contributed by atoms with Gasteiger partial charge in [0.05, 0.1) is 11.0 Å². The summed E-state index contributed by atoms with van der Waals surface area (Å²) in [5.41, 5.74) is 2.87. The molecule has 152 valence electrons. The van der Waals surface area contributed by atoms with Crippen molar-refractivity contribution >= 4 is 22.6 Å². The monoisotopic (exact) mass is 392 g/mol. The highest BCUT2D eigenvalue weighted by Crippen LogP contribution is 2.22. The number of nitrogens with zero attached hydrogens (tertiary/aromatic N) is 4. The summed E-state index contributed by atoms with van der Waals surface area (Å²) in [6, 6.07) is 18.2. The molecule has 3 aromatic rings. The molecule has 1 saturated heterocycles. The summed E-state index contributed by atoms with van der Waals surface area (Å²) in [6.07, 6.45) is 2.41. The molecule has 2 aromatic carbocycles. The molecule has 0 radical (unpaired) electrons. The number of hydrogen-bond donors (Lipinski definition) is 0. The maximum Gasteiger partial charge on any atom is 0.328 e. The van der Waals surface area contributed by atoms with E-state index < -0.39 is 0 Å². The topological polar surface area (TPSA) is 50.5 Å². The SMILES string of the molecule is CN(C[C@H]1CCCN1C(=O)CCn1c(=O)n(C)c2ccccc21)c1ccccc1. The molecule has 0 N–H and O–H groups in total. The number of carbonyl (C=O) groups excluding carboxylic acids is 1. The lowest BCUT2D eigenvalue weighted by molar-refractivity contribution is -0.132. The Morgan fingerprint density at radius 1 is 1.07 bits per heavy atom. The number of hydrogen-bond acceptors (Lipinski definition) is 3. The normalized spacial score (nSPS) is 16.5. The van der Waals surface area contributed by atoms with Crippen molar-refractivity contribution < 1.29 is 4.79 Å². The molecule has 0 aliphatic carbocycles. The number of fused-ring (bicyclic) bond motifs is 1. The molecule has 1 fully saturated rings. The van der Waals surface area contributed by atoms with E-state index in [9.17, 15) is 9.59 Å². The molecule has 6 heteroatoms. The van der Waals surface area contributed by atoms with Gasteiger partial charge in [0.2, 0.25) is 5.91 Å². The van der Waals surface area contributed by atoms with Gasteiger partial charge in [0.1, 0.15) is 0 Å². The fourth-order valence-electron chi connectivity index (χ4n) is 4.39. The highest BCUT2D eigenvalue weighted by atomic mass is 16.2. The van der Waals surface area contributed by atoms with Crippen LogP contribution < -0.4 is 10.6 Å². The van der Waals surface area contributed by atoms with Crippen molar-refractivity contribution in [2.45, 2.75) is 31.8 Å². The lowest BCUT2D eigenvalue weighted by Crippen LogP contribution is -2.42. The van der Waals surface area contributed by atoms with Crippen LogP contribution in [-0.2, 0) is 18.4 Å². The second kappa shape index (κ2) is 8.15. The number of likely N-dealkylation sites (N-methyl/N-ethyl adjacent to an activating group) is 1. The van der Waals surface area contributed by atoms with Crippen LogP contribution in [-0.4, -0.2) is 46.1 Å². The number of aryl methyl sites for hydroxylation is 2. The minimum Gasteiger partial charge on any atom is -0.373 e. The van der Waals surface area contributed by atoms with E-state index in [2.05, 4.69) is 24.1 Å². The van der Waals surface area contributed by atoms with Gasteiger partial charge in [-0.25, -0.2) is 4.79 Å². The molecular formula is C23H28N4O2. The minimum absolute atomic E-state index is 0.0687. The summed E-state index contributed by atoms with van der Waals surface area (Å²) in [5, 5.41) is 0. The van der Waals surface area contributed by atoms with E-state index in [0.717, 1.165) is 42.7 Å². The van der Waals surface area contributed by atoms with Crippen molar-refractivity contribution in [1.82, 2.24) is 14.0 Å². The van der Waals surface area contributed by atoms with Crippen molar-refractivity contribution in [1.29, 1.82) is 0 Å². The quantitative estimate of drug-likeness (QED) is 0.648. The number of benzene rings is 2. The van der Waals surface area contributed by atoms with E-state index in [0.29, 0.717) is 13.0 Å². The average Bonchev–Trinajstić information content (AvgIpc) is 3.30. The van der Waals surface area contributed by atoms with E-state index in [4.69, 9.17) is 0 Å². The third kappa shape index (κ3) is 3.79. The molecular weight excluding hydrogens is 364 g/mol. The number of amides is 1. The van der Waals surface area contributed by atoms with Crippen LogP contribution in [0.4, 0.5) is 5.69 Å². The first-order valence-electron chi connectivity index (χ1n) is 10.3. The van der Waals surface area contributed by atoms with Crippen LogP contribution in [0.1, 0.15) is 19.3 Å². The van der Waals surface area contributed by atoms with Crippen molar-refractivity contribution in [2.24, 2.45) is 7.05 Å². The third-order valence-corrected chi connectivity index (χ3v) is 5.98. The summed E-state index contributed by atoms with van der Waals surface area (Å²) in [4.78, 5) is 29.8. The second-order valence-electron chi connectivity index (χ2n) is 7.83. The molecule has 0 saturated carbocycles. The van der Waals surface area contributed by atoms with Gasteiger partial charge in [-0.3, -0.25) is 13.9 Å². The number of anilines is 1. The molecule has 1 aromatic heterocycles. The van der Waals surface area contributed by atoms with Gasteiger partial charge >= 0.3 is 5.69 Å². The Morgan fingerprint density at radius 2 is 1.76 bits per heavy atom. The predicted octanol–water partition coefficient (Wildman–Crippen LogP) is 2.86. The van der Waals surface area contributed by atoms with Crippen LogP contribution in [0.2, 0.25) is 0 Å². The summed E-state index contributed by atoms with van der Waals surface area (Å²) in [7, 11) is 3.85. The van der Waals surface area contributed by atoms with E-state index in [-0.39, 0.29) is 17.6 Å². The summed E-state index contributed by atoms with van der Waals surface area (Å²) in [5.74, 6) is 0.133. The van der Waals surface area contributed by atoms with Crippen LogP contribution in [0, 0.1) is 0 Å². The molecule has 1 atom stereocenters. The van der Waals surface area contributed by atoms with Crippen molar-refractivity contribution in [2.75, 3.05) is 25.0 Å². The van der Waals surface area contributed by atoms with Gasteiger partial charge in [-0.2, -0.15) is 0 Å². The van der Waals surface area contributed by atoms with Gasteiger partial charge in [0.15, 0.2) is 0 Å². The first-order chi connectivity index (χ1) is 14.1. The smallest absolute Gasteiger partial charge is 0.328 e. The largest absolute Gasteiger partial charge is 0.373 e. The first kappa shape index (κ1) is 19.3. The highest BCUT2D eigenvalue weighted by molar-refractivity contribution is 5.78. The van der Waals surface area contributed by atoms with Crippen molar-refractivity contribution in [3.05, 3.63) is 65.1 Å². The second-order valence-corrected chi connectivity index (χ2v) is 7.83. The van der Waals surface area contributed by atoms with Gasteiger partial charge in [-0.1, -0.05) is 30.3 Å². The molecule has 0 bridgehead atoms. The molecule has 6 nitrogen and oxygen atoms in total. The van der Waals surface area contributed by atoms with Gasteiger partial charge < -0.3 is 9.80 Å². The zero-order chi connectivity index (χ0) is 20.4.